The van der Waals surface area contributed by atoms with Gasteiger partial charge in [0.1, 0.15) is 5.82 Å². The number of halogens is 1. The van der Waals surface area contributed by atoms with Crippen LogP contribution < -0.4 is 5.73 Å². The topological polar surface area (TPSA) is 29.3 Å². The number of hydrogen-bond donors (Lipinski definition) is 1. The van der Waals surface area contributed by atoms with Crippen LogP contribution in [0.1, 0.15) is 17.5 Å². The number of benzene rings is 2. The van der Waals surface area contributed by atoms with E-state index in [1.165, 1.54) is 17.7 Å². The van der Waals surface area contributed by atoms with E-state index in [0.29, 0.717) is 12.6 Å². The first-order chi connectivity index (χ1) is 10.2. The molecule has 0 radical (unpaired) electrons. The van der Waals surface area contributed by atoms with Crippen molar-refractivity contribution in [1.29, 1.82) is 0 Å². The molecule has 21 heavy (non-hydrogen) atoms. The van der Waals surface area contributed by atoms with Crippen molar-refractivity contribution >= 4 is 0 Å². The first-order valence-electron chi connectivity index (χ1n) is 7.37. The third-order valence-corrected chi connectivity index (χ3v) is 3.85. The number of hydrogen-bond acceptors (Lipinski definition) is 2. The summed E-state index contributed by atoms with van der Waals surface area (Å²) in [6.45, 7) is 1.42. The van der Waals surface area contributed by atoms with Crippen molar-refractivity contribution in [2.24, 2.45) is 5.73 Å². The molecule has 0 fully saturated rings. The van der Waals surface area contributed by atoms with Gasteiger partial charge in [0.2, 0.25) is 0 Å². The molecule has 0 aliphatic heterocycles. The summed E-state index contributed by atoms with van der Waals surface area (Å²) in [6.07, 6.45) is 2.05. The number of nitrogens with zero attached hydrogens (tertiary/aromatic N) is 1. The zero-order chi connectivity index (χ0) is 15.1. The van der Waals surface area contributed by atoms with Gasteiger partial charge in [-0.3, -0.25) is 4.90 Å². The highest BCUT2D eigenvalue weighted by Gasteiger charge is 2.13. The molecule has 0 aliphatic rings. The minimum absolute atomic E-state index is 0.194. The van der Waals surface area contributed by atoms with Gasteiger partial charge in [0.25, 0.3) is 0 Å². The quantitative estimate of drug-likeness (QED) is 0.847. The van der Waals surface area contributed by atoms with Crippen LogP contribution in [-0.4, -0.2) is 24.5 Å². The standard InChI is InChI=1S/C18H23FN2/c1-21(14-16-7-10-17(19)11-8-16)18(13-20)12-9-15-5-3-2-4-6-15/h2-8,10-11,18H,9,12-14,20H2,1H3. The largest absolute Gasteiger partial charge is 0.329 e. The Morgan fingerprint density at radius 2 is 1.67 bits per heavy atom. The van der Waals surface area contributed by atoms with E-state index in [-0.39, 0.29) is 5.82 Å². The van der Waals surface area contributed by atoms with Gasteiger partial charge in [0.15, 0.2) is 0 Å². The molecule has 0 saturated heterocycles. The maximum atomic E-state index is 12.9. The number of aryl methyl sites for hydroxylation is 1. The van der Waals surface area contributed by atoms with Crippen LogP contribution >= 0.6 is 0 Å². The summed E-state index contributed by atoms with van der Waals surface area (Å²) in [7, 11) is 2.08. The van der Waals surface area contributed by atoms with E-state index in [9.17, 15) is 4.39 Å². The lowest BCUT2D eigenvalue weighted by Crippen LogP contribution is -2.37. The summed E-state index contributed by atoms with van der Waals surface area (Å²) in [6, 6.07) is 17.5. The molecule has 2 N–H and O–H groups in total. The van der Waals surface area contributed by atoms with Crippen LogP contribution in [0.2, 0.25) is 0 Å². The molecule has 2 rings (SSSR count). The monoisotopic (exact) mass is 286 g/mol. The van der Waals surface area contributed by atoms with Crippen molar-refractivity contribution in [3.05, 3.63) is 71.5 Å². The minimum atomic E-state index is -0.194. The highest BCUT2D eigenvalue weighted by molar-refractivity contribution is 5.16. The molecule has 0 aromatic heterocycles. The normalized spacial score (nSPS) is 12.6. The van der Waals surface area contributed by atoms with Gasteiger partial charge in [-0.25, -0.2) is 4.39 Å². The highest BCUT2D eigenvalue weighted by atomic mass is 19.1. The number of nitrogens with two attached hydrogens (primary N) is 1. The molecule has 0 aliphatic carbocycles. The molecule has 2 aromatic rings. The smallest absolute Gasteiger partial charge is 0.123 e. The zero-order valence-electron chi connectivity index (χ0n) is 12.5. The molecule has 2 aromatic carbocycles. The molecule has 1 atom stereocenters. The van der Waals surface area contributed by atoms with Crippen molar-refractivity contribution in [2.75, 3.05) is 13.6 Å². The van der Waals surface area contributed by atoms with E-state index in [4.69, 9.17) is 5.73 Å². The summed E-state index contributed by atoms with van der Waals surface area (Å²) in [5.41, 5.74) is 8.36. The van der Waals surface area contributed by atoms with Gasteiger partial charge in [0.05, 0.1) is 0 Å². The lowest BCUT2D eigenvalue weighted by molar-refractivity contribution is 0.227. The average Bonchev–Trinajstić information content (AvgIpc) is 2.51. The SMILES string of the molecule is CN(Cc1ccc(F)cc1)C(CN)CCc1ccccc1. The van der Waals surface area contributed by atoms with Crippen molar-refractivity contribution in [3.63, 3.8) is 0 Å². The van der Waals surface area contributed by atoms with Gasteiger partial charge in [-0.1, -0.05) is 42.5 Å². The Balaban J connectivity index is 1.89. The summed E-state index contributed by atoms with van der Waals surface area (Å²) < 4.78 is 12.9. The third-order valence-electron chi connectivity index (χ3n) is 3.85. The van der Waals surface area contributed by atoms with Gasteiger partial charge in [-0.2, -0.15) is 0 Å². The molecule has 0 amide bonds. The fourth-order valence-electron chi connectivity index (χ4n) is 2.50. The van der Waals surface area contributed by atoms with E-state index < -0.39 is 0 Å². The zero-order valence-corrected chi connectivity index (χ0v) is 12.5. The Hall–Kier alpha value is -1.71. The van der Waals surface area contributed by atoms with Crippen molar-refractivity contribution in [2.45, 2.75) is 25.4 Å². The lowest BCUT2D eigenvalue weighted by atomic mass is 10.0. The molecule has 0 heterocycles. The van der Waals surface area contributed by atoms with Crippen LogP contribution in [0.3, 0.4) is 0 Å². The highest BCUT2D eigenvalue weighted by Crippen LogP contribution is 2.12. The van der Waals surface area contributed by atoms with Gasteiger partial charge in [-0.05, 0) is 43.1 Å². The number of rotatable bonds is 7. The number of likely N-dealkylation sites (N-methyl/N-ethyl adjacent to an activating group) is 1. The molecular weight excluding hydrogens is 263 g/mol. The van der Waals surface area contributed by atoms with Gasteiger partial charge in [-0.15, -0.1) is 0 Å². The predicted molar refractivity (Wildman–Crippen MR) is 85.5 cm³/mol. The van der Waals surface area contributed by atoms with Crippen molar-refractivity contribution in [1.82, 2.24) is 4.90 Å². The van der Waals surface area contributed by atoms with Crippen LogP contribution in [0, 0.1) is 5.82 Å². The molecule has 112 valence electrons. The van der Waals surface area contributed by atoms with E-state index in [1.807, 2.05) is 18.2 Å². The molecular formula is C18H23FN2. The van der Waals surface area contributed by atoms with Gasteiger partial charge < -0.3 is 5.73 Å². The Bertz CT molecular complexity index is 525. The van der Waals surface area contributed by atoms with Gasteiger partial charge >= 0.3 is 0 Å². The van der Waals surface area contributed by atoms with Crippen LogP contribution in [0.25, 0.3) is 0 Å². The second kappa shape index (κ2) is 7.91. The van der Waals surface area contributed by atoms with Gasteiger partial charge in [0, 0.05) is 19.1 Å². The Kier molecular flexibility index (Phi) is 5.90. The van der Waals surface area contributed by atoms with Crippen LogP contribution in [0.4, 0.5) is 4.39 Å². The lowest BCUT2D eigenvalue weighted by Gasteiger charge is -2.27. The van der Waals surface area contributed by atoms with E-state index in [2.05, 4.69) is 36.2 Å². The second-order valence-corrected chi connectivity index (χ2v) is 5.46. The predicted octanol–water partition coefficient (Wildman–Crippen LogP) is 3.22. The summed E-state index contributed by atoms with van der Waals surface area (Å²) in [5, 5.41) is 0. The molecule has 0 bridgehead atoms. The summed E-state index contributed by atoms with van der Waals surface area (Å²) in [5.74, 6) is -0.194. The Morgan fingerprint density at radius 3 is 2.29 bits per heavy atom. The summed E-state index contributed by atoms with van der Waals surface area (Å²) >= 11 is 0. The first-order valence-corrected chi connectivity index (χ1v) is 7.37. The average molecular weight is 286 g/mol. The molecule has 0 spiro atoms. The van der Waals surface area contributed by atoms with E-state index in [0.717, 1.165) is 24.9 Å². The fourth-order valence-corrected chi connectivity index (χ4v) is 2.50. The maximum Gasteiger partial charge on any atom is 0.123 e. The van der Waals surface area contributed by atoms with Crippen molar-refractivity contribution in [3.8, 4) is 0 Å². The van der Waals surface area contributed by atoms with Crippen molar-refractivity contribution < 1.29 is 4.39 Å². The third kappa shape index (κ3) is 4.96. The van der Waals surface area contributed by atoms with Crippen LogP contribution in [-0.2, 0) is 13.0 Å². The van der Waals surface area contributed by atoms with E-state index in [1.54, 1.807) is 0 Å². The Labute approximate surface area is 126 Å². The Morgan fingerprint density at radius 1 is 1.00 bits per heavy atom. The van der Waals surface area contributed by atoms with Crippen LogP contribution in [0.15, 0.2) is 54.6 Å². The molecule has 2 nitrogen and oxygen atoms in total. The molecule has 1 unspecified atom stereocenters. The van der Waals surface area contributed by atoms with Crippen LogP contribution in [0.5, 0.6) is 0 Å². The fraction of sp³-hybridized carbons (Fsp3) is 0.333. The maximum absolute atomic E-state index is 12.9. The first kappa shape index (κ1) is 15.7. The molecule has 3 heteroatoms. The minimum Gasteiger partial charge on any atom is -0.329 e. The van der Waals surface area contributed by atoms with E-state index >= 15 is 0 Å². The second-order valence-electron chi connectivity index (χ2n) is 5.46. The summed E-state index contributed by atoms with van der Waals surface area (Å²) in [4.78, 5) is 2.25. The molecule has 0 saturated carbocycles.